The highest BCUT2D eigenvalue weighted by Crippen LogP contribution is 2.29. The molecule has 2 heterocycles. The van der Waals surface area contributed by atoms with Crippen molar-refractivity contribution in [3.8, 4) is 0 Å². The van der Waals surface area contributed by atoms with Crippen molar-refractivity contribution in [1.29, 1.82) is 0 Å². The smallest absolute Gasteiger partial charge is 0.261 e. The first kappa shape index (κ1) is 18.1. The average Bonchev–Trinajstić information content (AvgIpc) is 2.66. The van der Waals surface area contributed by atoms with Crippen LogP contribution in [0.4, 0.5) is 0 Å². The molecule has 0 bridgehead atoms. The van der Waals surface area contributed by atoms with Crippen molar-refractivity contribution in [1.82, 2.24) is 14.5 Å². The molecule has 3 aromatic rings. The molecule has 0 saturated heterocycles. The van der Waals surface area contributed by atoms with Crippen LogP contribution in [0, 0.1) is 6.92 Å². The van der Waals surface area contributed by atoms with Crippen molar-refractivity contribution in [3.63, 3.8) is 0 Å². The molecule has 1 N–H and O–H groups in total. The number of benzene rings is 1. The van der Waals surface area contributed by atoms with Gasteiger partial charge in [0.25, 0.3) is 5.56 Å². The summed E-state index contributed by atoms with van der Waals surface area (Å²) in [4.78, 5) is 21.8. The largest absolute Gasteiger partial charge is 0.391 e. The van der Waals surface area contributed by atoms with Gasteiger partial charge in [-0.05, 0) is 49.1 Å². The van der Waals surface area contributed by atoms with Gasteiger partial charge < -0.3 is 5.11 Å². The molecule has 0 radical (unpaired) electrons. The van der Waals surface area contributed by atoms with Crippen LogP contribution in [0.5, 0.6) is 0 Å². The maximum absolute atomic E-state index is 13.1. The summed E-state index contributed by atoms with van der Waals surface area (Å²) in [7, 11) is 0. The standard InChI is InChI=1S/C21H22ClN3O2/c1-13-6-7-14(11-23-13)8-15-9-16-18(10-17(15)22)24-12-25(21(16)27)19-4-2-3-5-20(19)26/h6-7,9-12,19-20,26H,2-5,8H2,1H3/t19-,20-/m0/s1. The predicted molar refractivity (Wildman–Crippen MR) is 106 cm³/mol. The maximum atomic E-state index is 13.1. The zero-order valence-electron chi connectivity index (χ0n) is 15.2. The van der Waals surface area contributed by atoms with Gasteiger partial charge in [0.15, 0.2) is 0 Å². The Balaban J connectivity index is 1.76. The summed E-state index contributed by atoms with van der Waals surface area (Å²) in [6.07, 6.45) is 7.00. The number of hydrogen-bond donors (Lipinski definition) is 1. The lowest BCUT2D eigenvalue weighted by Crippen LogP contribution is -2.34. The molecule has 140 valence electrons. The number of hydrogen-bond acceptors (Lipinski definition) is 4. The minimum absolute atomic E-state index is 0.120. The summed E-state index contributed by atoms with van der Waals surface area (Å²) < 4.78 is 1.59. The van der Waals surface area contributed by atoms with Gasteiger partial charge in [0.1, 0.15) is 0 Å². The molecule has 2 aromatic heterocycles. The van der Waals surface area contributed by atoms with E-state index in [1.165, 1.54) is 0 Å². The van der Waals surface area contributed by atoms with Crippen LogP contribution in [0.1, 0.15) is 48.5 Å². The lowest BCUT2D eigenvalue weighted by atomic mass is 9.92. The minimum atomic E-state index is -0.499. The lowest BCUT2D eigenvalue weighted by molar-refractivity contribution is 0.0735. The number of rotatable bonds is 3. The second-order valence-corrected chi connectivity index (χ2v) is 7.73. The molecule has 1 aromatic carbocycles. The third-order valence-corrected chi connectivity index (χ3v) is 5.72. The molecular formula is C21H22ClN3O2. The summed E-state index contributed by atoms with van der Waals surface area (Å²) in [5.74, 6) is 0. The Morgan fingerprint density at radius 1 is 1.22 bits per heavy atom. The predicted octanol–water partition coefficient (Wildman–Crippen LogP) is 3.82. The van der Waals surface area contributed by atoms with Crippen LogP contribution in [0.3, 0.4) is 0 Å². The number of aliphatic hydroxyl groups is 1. The molecule has 0 unspecified atom stereocenters. The molecule has 1 saturated carbocycles. The molecule has 1 aliphatic rings. The van der Waals surface area contributed by atoms with Crippen molar-refractivity contribution in [2.45, 2.75) is 51.2 Å². The first-order valence-corrected chi connectivity index (χ1v) is 9.69. The second-order valence-electron chi connectivity index (χ2n) is 7.32. The van der Waals surface area contributed by atoms with Gasteiger partial charge in [0, 0.05) is 23.3 Å². The summed E-state index contributed by atoms with van der Waals surface area (Å²) in [6, 6.07) is 7.35. The van der Waals surface area contributed by atoms with E-state index in [9.17, 15) is 9.90 Å². The Labute approximate surface area is 162 Å². The van der Waals surface area contributed by atoms with Crippen molar-refractivity contribution >= 4 is 22.5 Å². The fourth-order valence-corrected chi connectivity index (χ4v) is 4.04. The first-order chi connectivity index (χ1) is 13.0. The highest BCUT2D eigenvalue weighted by Gasteiger charge is 2.26. The zero-order valence-corrected chi connectivity index (χ0v) is 16.0. The van der Waals surface area contributed by atoms with E-state index >= 15 is 0 Å². The molecule has 27 heavy (non-hydrogen) atoms. The van der Waals surface area contributed by atoms with Crippen LogP contribution in [0.2, 0.25) is 5.02 Å². The summed E-state index contributed by atoms with van der Waals surface area (Å²) in [5.41, 5.74) is 3.33. The van der Waals surface area contributed by atoms with E-state index < -0.39 is 6.10 Å². The van der Waals surface area contributed by atoms with E-state index in [1.807, 2.05) is 31.3 Å². The molecule has 2 atom stereocenters. The zero-order chi connectivity index (χ0) is 19.0. The number of aryl methyl sites for hydroxylation is 1. The Morgan fingerprint density at radius 3 is 2.78 bits per heavy atom. The summed E-state index contributed by atoms with van der Waals surface area (Å²) in [5, 5.41) is 11.4. The Hall–Kier alpha value is -2.24. The molecule has 0 amide bonds. The molecular weight excluding hydrogens is 362 g/mol. The molecule has 1 fully saturated rings. The van der Waals surface area contributed by atoms with Gasteiger partial charge in [-0.2, -0.15) is 0 Å². The van der Waals surface area contributed by atoms with E-state index in [-0.39, 0.29) is 11.6 Å². The number of aromatic nitrogens is 3. The van der Waals surface area contributed by atoms with Gasteiger partial charge in [-0.1, -0.05) is 30.5 Å². The second kappa shape index (κ2) is 7.41. The monoisotopic (exact) mass is 383 g/mol. The maximum Gasteiger partial charge on any atom is 0.261 e. The number of fused-ring (bicyclic) bond motifs is 1. The van der Waals surface area contributed by atoms with Crippen LogP contribution >= 0.6 is 11.6 Å². The van der Waals surface area contributed by atoms with E-state index in [2.05, 4.69) is 9.97 Å². The summed E-state index contributed by atoms with van der Waals surface area (Å²) >= 11 is 6.44. The van der Waals surface area contributed by atoms with Crippen molar-refractivity contribution in [2.75, 3.05) is 0 Å². The SMILES string of the molecule is Cc1ccc(Cc2cc3c(=O)n([C@H]4CCCC[C@@H]4O)cnc3cc2Cl)cn1. The van der Waals surface area contributed by atoms with Gasteiger partial charge in [-0.15, -0.1) is 0 Å². The van der Waals surface area contributed by atoms with E-state index in [0.717, 1.165) is 42.5 Å². The molecule has 4 rings (SSSR count). The van der Waals surface area contributed by atoms with Crippen LogP contribution in [-0.4, -0.2) is 25.7 Å². The Kier molecular flexibility index (Phi) is 4.98. The van der Waals surface area contributed by atoms with Gasteiger partial charge in [0.2, 0.25) is 0 Å². The molecule has 5 nitrogen and oxygen atoms in total. The topological polar surface area (TPSA) is 68.0 Å². The van der Waals surface area contributed by atoms with Gasteiger partial charge in [0.05, 0.1) is 29.4 Å². The third-order valence-electron chi connectivity index (χ3n) is 5.37. The van der Waals surface area contributed by atoms with E-state index in [1.54, 1.807) is 17.0 Å². The van der Waals surface area contributed by atoms with Crippen LogP contribution < -0.4 is 5.56 Å². The molecule has 6 heteroatoms. The molecule has 0 spiro atoms. The minimum Gasteiger partial charge on any atom is -0.391 e. The number of nitrogens with zero attached hydrogens (tertiary/aromatic N) is 3. The highest BCUT2D eigenvalue weighted by atomic mass is 35.5. The Morgan fingerprint density at radius 2 is 2.04 bits per heavy atom. The van der Waals surface area contributed by atoms with Crippen molar-refractivity contribution < 1.29 is 5.11 Å². The van der Waals surface area contributed by atoms with Gasteiger partial charge in [-0.25, -0.2) is 4.98 Å². The van der Waals surface area contributed by atoms with Gasteiger partial charge in [-0.3, -0.25) is 14.3 Å². The number of pyridine rings is 1. The number of halogens is 1. The van der Waals surface area contributed by atoms with E-state index in [0.29, 0.717) is 22.3 Å². The third kappa shape index (κ3) is 3.62. The van der Waals surface area contributed by atoms with Gasteiger partial charge >= 0.3 is 0 Å². The van der Waals surface area contributed by atoms with Crippen molar-refractivity contribution in [2.24, 2.45) is 0 Å². The van der Waals surface area contributed by atoms with Crippen LogP contribution in [-0.2, 0) is 6.42 Å². The first-order valence-electron chi connectivity index (χ1n) is 9.32. The van der Waals surface area contributed by atoms with Crippen LogP contribution in [0.25, 0.3) is 10.9 Å². The summed E-state index contributed by atoms with van der Waals surface area (Å²) in [6.45, 7) is 1.95. The normalized spacial score (nSPS) is 20.1. The van der Waals surface area contributed by atoms with Crippen molar-refractivity contribution in [3.05, 3.63) is 69.0 Å². The van der Waals surface area contributed by atoms with E-state index in [4.69, 9.17) is 11.6 Å². The molecule has 1 aliphatic carbocycles. The average molecular weight is 384 g/mol. The quantitative estimate of drug-likeness (QED) is 0.746. The Bertz CT molecular complexity index is 1030. The fraction of sp³-hybridized carbons (Fsp3) is 0.381. The molecule has 0 aliphatic heterocycles. The fourth-order valence-electron chi connectivity index (χ4n) is 3.81. The number of aliphatic hydroxyl groups excluding tert-OH is 1. The van der Waals surface area contributed by atoms with Crippen LogP contribution in [0.15, 0.2) is 41.6 Å². The highest BCUT2D eigenvalue weighted by molar-refractivity contribution is 6.32. The lowest BCUT2D eigenvalue weighted by Gasteiger charge is -2.29.